The molecule has 9 heteroatoms. The van der Waals surface area contributed by atoms with E-state index < -0.39 is 21.8 Å². The normalized spacial score (nSPS) is 10.5. The molecule has 0 aliphatic rings. The van der Waals surface area contributed by atoms with Gasteiger partial charge in [0.25, 0.3) is 10.0 Å². The standard InChI is InChI=1S/C11H13ClN2O4S.Na/c1-2-11(16)14-19(17,18)8-4-3-7(5-10(13)15)9(12)6-8;/h3-4,6H,2,5H2,1H3,(H3,13,14,15,16);/q;+1/p-1. The number of hydrogen-bond donors (Lipinski definition) is 1. The maximum Gasteiger partial charge on any atom is 1.00 e. The molecule has 0 saturated carbocycles. The van der Waals surface area contributed by atoms with E-state index in [4.69, 9.17) is 17.3 Å². The van der Waals surface area contributed by atoms with Crippen molar-refractivity contribution < 1.29 is 47.6 Å². The van der Waals surface area contributed by atoms with Gasteiger partial charge in [0.1, 0.15) is 0 Å². The minimum absolute atomic E-state index is 0. The number of amides is 2. The second-order valence-corrected chi connectivity index (χ2v) is 5.82. The van der Waals surface area contributed by atoms with Gasteiger partial charge in [-0.3, -0.25) is 4.79 Å². The van der Waals surface area contributed by atoms with Crippen LogP contribution in [0.15, 0.2) is 23.1 Å². The molecule has 0 bridgehead atoms. The van der Waals surface area contributed by atoms with Crippen LogP contribution in [0.5, 0.6) is 0 Å². The Hall–Kier alpha value is -0.600. The third-order valence-corrected chi connectivity index (χ3v) is 3.98. The predicted octanol–water partition coefficient (Wildman–Crippen LogP) is -1.32. The van der Waals surface area contributed by atoms with Gasteiger partial charge in [0, 0.05) is 17.9 Å². The van der Waals surface area contributed by atoms with Crippen molar-refractivity contribution in [1.82, 2.24) is 4.72 Å². The van der Waals surface area contributed by atoms with Crippen molar-refractivity contribution in [3.63, 3.8) is 0 Å². The summed E-state index contributed by atoms with van der Waals surface area (Å²) in [6.45, 7) is 1.53. The van der Waals surface area contributed by atoms with Crippen LogP contribution in [0.3, 0.4) is 0 Å². The second kappa shape index (κ2) is 7.99. The fourth-order valence-electron chi connectivity index (χ4n) is 1.29. The molecule has 0 aromatic heterocycles. The van der Waals surface area contributed by atoms with Crippen LogP contribution in [-0.4, -0.2) is 20.2 Å². The zero-order valence-corrected chi connectivity index (χ0v) is 14.6. The number of benzene rings is 1. The first kappa shape index (κ1) is 19.4. The van der Waals surface area contributed by atoms with Crippen LogP contribution in [0.2, 0.25) is 5.02 Å². The Kier molecular flexibility index (Phi) is 7.75. The van der Waals surface area contributed by atoms with Gasteiger partial charge in [-0.25, -0.2) is 13.1 Å². The summed E-state index contributed by atoms with van der Waals surface area (Å²) >= 11 is 5.84. The van der Waals surface area contributed by atoms with Crippen LogP contribution < -0.4 is 34.3 Å². The Labute approximate surface area is 144 Å². The van der Waals surface area contributed by atoms with Gasteiger partial charge < -0.3 is 10.5 Å². The van der Waals surface area contributed by atoms with E-state index in [-0.39, 0.29) is 52.3 Å². The summed E-state index contributed by atoms with van der Waals surface area (Å²) in [4.78, 5) is 21.6. The Balaban J connectivity index is 0.00000361. The molecular weight excluding hydrogens is 315 g/mol. The van der Waals surface area contributed by atoms with Gasteiger partial charge in [-0.05, 0) is 17.7 Å². The largest absolute Gasteiger partial charge is 1.00 e. The number of hydrogen-bond acceptors (Lipinski definition) is 4. The summed E-state index contributed by atoms with van der Waals surface area (Å²) in [5, 5.41) is 0.0624. The van der Waals surface area contributed by atoms with E-state index in [1.54, 1.807) is 0 Å². The molecule has 2 amide bonds. The number of halogens is 1. The molecule has 0 saturated heterocycles. The molecule has 1 rings (SSSR count). The molecule has 0 spiro atoms. The number of rotatable bonds is 5. The molecule has 1 aromatic carbocycles. The first-order valence-corrected chi connectivity index (χ1v) is 7.21. The van der Waals surface area contributed by atoms with Crippen molar-refractivity contribution in [2.45, 2.75) is 24.7 Å². The maximum atomic E-state index is 11.8. The summed E-state index contributed by atoms with van der Waals surface area (Å²) < 4.78 is 25.5. The Morgan fingerprint density at radius 2 is 1.95 bits per heavy atom. The minimum atomic E-state index is -3.96. The van der Waals surface area contributed by atoms with Gasteiger partial charge >= 0.3 is 29.6 Å². The monoisotopic (exact) mass is 326 g/mol. The molecule has 0 aliphatic carbocycles. The van der Waals surface area contributed by atoms with Gasteiger partial charge in [0.05, 0.1) is 10.8 Å². The van der Waals surface area contributed by atoms with Crippen molar-refractivity contribution in [3.8, 4) is 0 Å². The molecule has 104 valence electrons. The number of carbonyl (C=O) groups excluding carboxylic acids is 2. The SMILES string of the molecule is CCC(=O)NS(=O)(=O)c1ccc(CC([NH-])=O)c(Cl)c1.[Na+]. The number of sulfonamides is 1. The van der Waals surface area contributed by atoms with E-state index in [2.05, 4.69) is 0 Å². The molecule has 0 unspecified atom stereocenters. The van der Waals surface area contributed by atoms with E-state index in [1.807, 2.05) is 4.72 Å². The third-order valence-electron chi connectivity index (χ3n) is 2.26. The average molecular weight is 327 g/mol. The Bertz CT molecular complexity index is 619. The maximum absolute atomic E-state index is 11.8. The van der Waals surface area contributed by atoms with Gasteiger partial charge in [-0.1, -0.05) is 24.6 Å². The summed E-state index contributed by atoms with van der Waals surface area (Å²) in [6.07, 6.45) is -0.154. The zero-order chi connectivity index (χ0) is 14.6. The second-order valence-electron chi connectivity index (χ2n) is 3.74. The number of carbonyl (C=O) groups is 2. The zero-order valence-electron chi connectivity index (χ0n) is 11.1. The Morgan fingerprint density at radius 1 is 1.35 bits per heavy atom. The molecule has 0 aliphatic heterocycles. The van der Waals surface area contributed by atoms with Crippen LogP contribution in [0.25, 0.3) is 5.73 Å². The molecule has 0 atom stereocenters. The van der Waals surface area contributed by atoms with E-state index in [0.717, 1.165) is 6.07 Å². The molecule has 6 nitrogen and oxygen atoms in total. The van der Waals surface area contributed by atoms with Gasteiger partial charge in [-0.15, -0.1) is 0 Å². The first-order valence-electron chi connectivity index (χ1n) is 5.34. The summed E-state index contributed by atoms with van der Waals surface area (Å²) in [6, 6.07) is 3.72. The first-order chi connectivity index (χ1) is 8.76. The average Bonchev–Trinajstić information content (AvgIpc) is 2.30. The van der Waals surface area contributed by atoms with Crippen molar-refractivity contribution in [1.29, 1.82) is 0 Å². The molecule has 2 N–H and O–H groups in total. The van der Waals surface area contributed by atoms with E-state index in [1.165, 1.54) is 19.1 Å². The topological polar surface area (TPSA) is 104 Å². The van der Waals surface area contributed by atoms with Crippen LogP contribution in [-0.2, 0) is 26.0 Å². The van der Waals surface area contributed by atoms with Gasteiger partial charge in [0.15, 0.2) is 0 Å². The number of nitrogens with one attached hydrogen (secondary N) is 2. The fraction of sp³-hybridized carbons (Fsp3) is 0.273. The molecule has 0 heterocycles. The van der Waals surface area contributed by atoms with E-state index in [9.17, 15) is 18.0 Å². The summed E-state index contributed by atoms with van der Waals surface area (Å²) in [5.41, 5.74) is 7.20. The fourth-order valence-corrected chi connectivity index (χ4v) is 2.69. The molecule has 0 fully saturated rings. The van der Waals surface area contributed by atoms with Gasteiger partial charge in [0.2, 0.25) is 5.91 Å². The van der Waals surface area contributed by atoms with Crippen molar-refractivity contribution in [3.05, 3.63) is 34.5 Å². The predicted molar refractivity (Wildman–Crippen MR) is 70.1 cm³/mol. The van der Waals surface area contributed by atoms with Crippen LogP contribution in [0, 0.1) is 0 Å². The summed E-state index contributed by atoms with van der Waals surface area (Å²) in [5.74, 6) is -1.45. The minimum Gasteiger partial charge on any atom is -0.667 e. The van der Waals surface area contributed by atoms with E-state index >= 15 is 0 Å². The van der Waals surface area contributed by atoms with Crippen LogP contribution in [0.4, 0.5) is 0 Å². The van der Waals surface area contributed by atoms with E-state index in [0.29, 0.717) is 5.56 Å². The Morgan fingerprint density at radius 3 is 2.40 bits per heavy atom. The molecular formula is C11H12ClN2NaO4S. The molecule has 1 aromatic rings. The van der Waals surface area contributed by atoms with Crippen LogP contribution >= 0.6 is 11.6 Å². The molecule has 0 radical (unpaired) electrons. The van der Waals surface area contributed by atoms with Gasteiger partial charge in [-0.2, -0.15) is 0 Å². The smallest absolute Gasteiger partial charge is 0.667 e. The summed E-state index contributed by atoms with van der Waals surface area (Å²) in [7, 11) is -3.96. The quantitative estimate of drug-likeness (QED) is 0.678. The third kappa shape index (κ3) is 5.41. The van der Waals surface area contributed by atoms with Crippen LogP contribution in [0.1, 0.15) is 18.9 Å². The van der Waals surface area contributed by atoms with Crippen molar-refractivity contribution in [2.75, 3.05) is 0 Å². The van der Waals surface area contributed by atoms with Crippen molar-refractivity contribution >= 4 is 33.4 Å². The van der Waals surface area contributed by atoms with Crippen molar-refractivity contribution in [2.24, 2.45) is 0 Å². The molecule has 20 heavy (non-hydrogen) atoms.